The lowest BCUT2D eigenvalue weighted by molar-refractivity contribution is 0.618. The highest BCUT2D eigenvalue weighted by Gasteiger charge is 2.08. The second-order valence-corrected chi connectivity index (χ2v) is 3.97. The molecule has 17 heavy (non-hydrogen) atoms. The van der Waals surface area contributed by atoms with Crippen LogP contribution in [0.25, 0.3) is 11.2 Å². The van der Waals surface area contributed by atoms with Gasteiger partial charge in [0.05, 0.1) is 6.33 Å². The lowest BCUT2D eigenvalue weighted by atomic mass is 10.5. The van der Waals surface area contributed by atoms with Crippen LogP contribution in [0.3, 0.4) is 0 Å². The second kappa shape index (κ2) is 4.00. The van der Waals surface area contributed by atoms with E-state index in [0.29, 0.717) is 11.2 Å². The molecule has 0 aliphatic rings. The van der Waals surface area contributed by atoms with Crippen molar-refractivity contribution in [3.8, 4) is 0 Å². The number of aliphatic imine (C=N–C) groups is 1. The lowest BCUT2D eigenvalue weighted by Crippen LogP contribution is -2.18. The number of fused-ring (bicyclic) bond motifs is 1. The van der Waals surface area contributed by atoms with Gasteiger partial charge in [-0.3, -0.25) is 9.78 Å². The Balaban J connectivity index is 2.61. The molecule has 2 rings (SSSR count). The van der Waals surface area contributed by atoms with Gasteiger partial charge in [0, 0.05) is 21.1 Å². The van der Waals surface area contributed by atoms with Gasteiger partial charge in [0.1, 0.15) is 5.84 Å². The van der Waals surface area contributed by atoms with Gasteiger partial charge in [-0.2, -0.15) is 4.98 Å². The van der Waals surface area contributed by atoms with Gasteiger partial charge in [-0.15, -0.1) is 0 Å². The third-order valence-corrected chi connectivity index (χ3v) is 2.47. The quantitative estimate of drug-likeness (QED) is 0.567. The number of aryl methyl sites for hydroxylation is 1. The number of rotatable bonds is 1. The molecule has 1 N–H and O–H groups in total. The first-order valence-corrected chi connectivity index (χ1v) is 5.13. The molecule has 7 heteroatoms. The summed E-state index contributed by atoms with van der Waals surface area (Å²) in [5.41, 5.74) is 0.578. The highest BCUT2D eigenvalue weighted by molar-refractivity contribution is 5.81. The summed E-state index contributed by atoms with van der Waals surface area (Å²) in [7, 11) is 5.53. The van der Waals surface area contributed by atoms with Crippen LogP contribution >= 0.6 is 0 Å². The normalized spacial score (nSPS) is 12.1. The van der Waals surface area contributed by atoms with E-state index >= 15 is 0 Å². The molecule has 0 unspecified atom stereocenters. The summed E-state index contributed by atoms with van der Waals surface area (Å²) in [6, 6.07) is 0. The molecule has 2 aromatic heterocycles. The van der Waals surface area contributed by atoms with Crippen molar-refractivity contribution in [2.45, 2.75) is 6.92 Å². The summed E-state index contributed by atoms with van der Waals surface area (Å²) in [5, 5.41) is 0. The van der Waals surface area contributed by atoms with Gasteiger partial charge in [0.15, 0.2) is 11.2 Å². The smallest absolute Gasteiger partial charge is 0.280 e. The fourth-order valence-corrected chi connectivity index (χ4v) is 1.31. The van der Waals surface area contributed by atoms with E-state index in [1.54, 1.807) is 17.9 Å². The number of aromatic amines is 1. The van der Waals surface area contributed by atoms with Crippen LogP contribution in [-0.4, -0.2) is 44.3 Å². The maximum atomic E-state index is 11.7. The van der Waals surface area contributed by atoms with Crippen molar-refractivity contribution < 1.29 is 0 Å². The van der Waals surface area contributed by atoms with Crippen LogP contribution in [0.15, 0.2) is 16.1 Å². The van der Waals surface area contributed by atoms with Crippen molar-refractivity contribution in [2.75, 3.05) is 14.1 Å². The number of nitrogens with zero attached hydrogens (tertiary/aromatic N) is 5. The van der Waals surface area contributed by atoms with Crippen LogP contribution < -0.4 is 5.56 Å². The van der Waals surface area contributed by atoms with Gasteiger partial charge in [-0.05, 0) is 6.92 Å². The average molecular weight is 234 g/mol. The number of hydrogen-bond acceptors (Lipinski definition) is 4. The predicted octanol–water partition coefficient (Wildman–Crippen LogP) is 0.268. The molecule has 0 atom stereocenters. The Morgan fingerprint density at radius 3 is 2.88 bits per heavy atom. The van der Waals surface area contributed by atoms with Crippen LogP contribution in [0, 0.1) is 0 Å². The van der Waals surface area contributed by atoms with Crippen molar-refractivity contribution >= 4 is 22.9 Å². The van der Waals surface area contributed by atoms with E-state index in [9.17, 15) is 4.79 Å². The van der Waals surface area contributed by atoms with E-state index in [-0.39, 0.29) is 11.5 Å². The van der Waals surface area contributed by atoms with Gasteiger partial charge < -0.3 is 9.47 Å². The van der Waals surface area contributed by atoms with Gasteiger partial charge in [-0.25, -0.2) is 9.98 Å². The number of hydrogen-bond donors (Lipinski definition) is 1. The first-order valence-electron chi connectivity index (χ1n) is 5.13. The van der Waals surface area contributed by atoms with E-state index < -0.39 is 0 Å². The summed E-state index contributed by atoms with van der Waals surface area (Å²) < 4.78 is 1.69. The Morgan fingerprint density at radius 2 is 2.24 bits per heavy atom. The zero-order chi connectivity index (χ0) is 12.6. The Kier molecular flexibility index (Phi) is 2.66. The third-order valence-electron chi connectivity index (χ3n) is 2.47. The molecule has 0 aromatic carbocycles. The minimum absolute atomic E-state index is 0.277. The average Bonchev–Trinajstić information content (AvgIpc) is 2.61. The number of amidine groups is 1. The Labute approximate surface area is 97.8 Å². The molecule has 0 aliphatic carbocycles. The molecule has 0 bridgehead atoms. The SMILES string of the molecule is CC(=Nc1nc2c(ncn2C)c(=O)[nH]1)N(C)C. The Bertz CT molecular complexity index is 636. The molecule has 0 fully saturated rings. The third kappa shape index (κ3) is 2.03. The minimum Gasteiger partial charge on any atom is -0.366 e. The van der Waals surface area contributed by atoms with Crippen LogP contribution in [0.5, 0.6) is 0 Å². The van der Waals surface area contributed by atoms with Crippen molar-refractivity contribution in [2.24, 2.45) is 12.0 Å². The topological polar surface area (TPSA) is 79.2 Å². The molecule has 90 valence electrons. The lowest BCUT2D eigenvalue weighted by Gasteiger charge is -2.10. The molecule has 0 saturated heterocycles. The van der Waals surface area contributed by atoms with Crippen molar-refractivity contribution in [1.29, 1.82) is 0 Å². The summed E-state index contributed by atoms with van der Waals surface area (Å²) in [6.45, 7) is 1.84. The maximum Gasteiger partial charge on any atom is 0.280 e. The van der Waals surface area contributed by atoms with Crippen molar-refractivity contribution in [3.05, 3.63) is 16.7 Å². The number of nitrogens with one attached hydrogen (secondary N) is 1. The zero-order valence-corrected chi connectivity index (χ0v) is 10.2. The monoisotopic (exact) mass is 234 g/mol. The molecule has 2 heterocycles. The summed E-state index contributed by atoms with van der Waals surface area (Å²) in [5.74, 6) is 1.05. The number of H-pyrrole nitrogens is 1. The molecule has 0 aliphatic heterocycles. The van der Waals surface area contributed by atoms with E-state index in [2.05, 4.69) is 19.9 Å². The summed E-state index contributed by atoms with van der Waals surface area (Å²) in [4.78, 5) is 28.6. The zero-order valence-electron chi connectivity index (χ0n) is 10.2. The molecule has 2 aromatic rings. The summed E-state index contributed by atoms with van der Waals surface area (Å²) >= 11 is 0. The summed E-state index contributed by atoms with van der Waals surface area (Å²) in [6.07, 6.45) is 1.55. The minimum atomic E-state index is -0.277. The van der Waals surface area contributed by atoms with Gasteiger partial charge >= 0.3 is 0 Å². The van der Waals surface area contributed by atoms with Crippen molar-refractivity contribution in [3.63, 3.8) is 0 Å². The molecule has 7 nitrogen and oxygen atoms in total. The highest BCUT2D eigenvalue weighted by atomic mass is 16.1. The largest absolute Gasteiger partial charge is 0.366 e. The van der Waals surface area contributed by atoms with E-state index in [4.69, 9.17) is 0 Å². The fourth-order valence-electron chi connectivity index (χ4n) is 1.31. The Hall–Kier alpha value is -2.18. The molecule has 0 spiro atoms. The van der Waals surface area contributed by atoms with Gasteiger partial charge in [0.25, 0.3) is 5.56 Å². The molecular formula is C10H14N6O. The Morgan fingerprint density at radius 1 is 1.53 bits per heavy atom. The second-order valence-electron chi connectivity index (χ2n) is 3.97. The molecule has 0 saturated carbocycles. The van der Waals surface area contributed by atoms with Crippen LogP contribution in [0.4, 0.5) is 5.95 Å². The standard InChI is InChI=1S/C10H14N6O/c1-6(15(2)3)12-10-13-8-7(9(17)14-10)11-5-16(8)4/h5H,1-4H3,(H,13,14,17). The maximum absolute atomic E-state index is 11.7. The fraction of sp³-hybridized carbons (Fsp3) is 0.400. The van der Waals surface area contributed by atoms with E-state index in [1.165, 1.54) is 0 Å². The van der Waals surface area contributed by atoms with Crippen LogP contribution in [0.1, 0.15) is 6.92 Å². The first-order chi connectivity index (χ1) is 7.99. The number of aromatic nitrogens is 4. The highest BCUT2D eigenvalue weighted by Crippen LogP contribution is 2.08. The first kappa shape index (κ1) is 11.3. The van der Waals surface area contributed by atoms with Crippen LogP contribution in [0.2, 0.25) is 0 Å². The molecule has 0 amide bonds. The molecular weight excluding hydrogens is 220 g/mol. The van der Waals surface area contributed by atoms with E-state index in [0.717, 1.165) is 5.84 Å². The number of imidazole rings is 1. The molecule has 0 radical (unpaired) electrons. The van der Waals surface area contributed by atoms with Crippen LogP contribution in [-0.2, 0) is 7.05 Å². The van der Waals surface area contributed by atoms with E-state index in [1.807, 2.05) is 25.9 Å². The van der Waals surface area contributed by atoms with Gasteiger partial charge in [0.2, 0.25) is 5.95 Å². The van der Waals surface area contributed by atoms with Gasteiger partial charge in [-0.1, -0.05) is 0 Å². The predicted molar refractivity (Wildman–Crippen MR) is 65.6 cm³/mol. The van der Waals surface area contributed by atoms with Crippen molar-refractivity contribution in [1.82, 2.24) is 24.4 Å².